The third-order valence-corrected chi connectivity index (χ3v) is 10.3. The third kappa shape index (κ3) is 23.0. The van der Waals surface area contributed by atoms with Gasteiger partial charge in [0.1, 0.15) is 13.2 Å². The number of pyridine rings is 1. The van der Waals surface area contributed by atoms with E-state index in [4.69, 9.17) is 9.47 Å². The zero-order valence-corrected chi connectivity index (χ0v) is 32.0. The van der Waals surface area contributed by atoms with Crippen LogP contribution in [-0.2, 0) is 19.1 Å². The van der Waals surface area contributed by atoms with E-state index >= 15 is 0 Å². The van der Waals surface area contributed by atoms with Crippen molar-refractivity contribution in [3.63, 3.8) is 0 Å². The third-order valence-electron chi connectivity index (χ3n) is 10.3. The van der Waals surface area contributed by atoms with Crippen LogP contribution >= 0.6 is 0 Å². The Morgan fingerprint density at radius 2 is 0.980 bits per heavy atom. The second-order valence-electron chi connectivity index (χ2n) is 14.5. The number of esters is 2. The fraction of sp³-hybridized carbons (Fsp3) is 0.833. The summed E-state index contributed by atoms with van der Waals surface area (Å²) in [5.41, 5.74) is 1.22. The molecule has 1 aliphatic rings. The Morgan fingerprint density at radius 3 is 1.37 bits per heavy atom. The number of rotatable bonds is 32. The molecule has 0 unspecified atom stereocenters. The lowest BCUT2D eigenvalue weighted by Crippen LogP contribution is -2.47. The highest BCUT2D eigenvalue weighted by atomic mass is 16.5. The van der Waals surface area contributed by atoms with Crippen LogP contribution in [-0.4, -0.2) is 67.3 Å². The van der Waals surface area contributed by atoms with E-state index in [9.17, 15) is 9.59 Å². The highest BCUT2D eigenvalue weighted by molar-refractivity contribution is 5.69. The van der Waals surface area contributed by atoms with Gasteiger partial charge < -0.3 is 14.4 Å². The van der Waals surface area contributed by atoms with Crippen molar-refractivity contribution in [2.75, 3.05) is 44.3 Å². The molecule has 7 nitrogen and oxygen atoms in total. The number of hydrogen-bond donors (Lipinski definition) is 0. The van der Waals surface area contributed by atoms with Crippen molar-refractivity contribution in [2.24, 2.45) is 0 Å². The van der Waals surface area contributed by atoms with Crippen LogP contribution in [0.1, 0.15) is 181 Å². The van der Waals surface area contributed by atoms with Gasteiger partial charge in [-0.15, -0.1) is 0 Å². The number of unbranched alkanes of at least 4 members (excludes halogenated alkanes) is 20. The maximum Gasteiger partial charge on any atom is 0.305 e. The van der Waals surface area contributed by atoms with Gasteiger partial charge in [0.05, 0.1) is 0 Å². The van der Waals surface area contributed by atoms with E-state index < -0.39 is 0 Å². The molecule has 2 heterocycles. The largest absolute Gasteiger partial charge is 0.464 e. The second-order valence-corrected chi connectivity index (χ2v) is 14.5. The van der Waals surface area contributed by atoms with Gasteiger partial charge in [-0.1, -0.05) is 142 Å². The molecular weight excluding hydrogens is 610 g/mol. The first-order valence-corrected chi connectivity index (χ1v) is 20.8. The minimum atomic E-state index is -0.0817. The SMILES string of the molecule is CCCCCCCCCCCCCC(=O)OCCN(CCOC(=O)CCCCCCCCCCCCC)C1CCN(c2ccncc2)CC1. The summed E-state index contributed by atoms with van der Waals surface area (Å²) in [6.07, 6.45) is 34.8. The Morgan fingerprint density at radius 1 is 0.612 bits per heavy atom. The smallest absolute Gasteiger partial charge is 0.305 e. The van der Waals surface area contributed by atoms with E-state index in [0.29, 0.717) is 45.2 Å². The average Bonchev–Trinajstić information content (AvgIpc) is 3.12. The zero-order valence-electron chi connectivity index (χ0n) is 32.0. The van der Waals surface area contributed by atoms with Gasteiger partial charge in [0.15, 0.2) is 0 Å². The van der Waals surface area contributed by atoms with Crippen molar-refractivity contribution < 1.29 is 19.1 Å². The minimum Gasteiger partial charge on any atom is -0.464 e. The Hall–Kier alpha value is -2.15. The topological polar surface area (TPSA) is 72.0 Å². The van der Waals surface area contributed by atoms with E-state index in [1.807, 2.05) is 12.4 Å². The number of anilines is 1. The Balaban J connectivity index is 1.62. The molecule has 1 aliphatic heterocycles. The molecule has 2 rings (SSSR count). The first kappa shape index (κ1) is 43.0. The Kier molecular flexibility index (Phi) is 26.9. The van der Waals surface area contributed by atoms with E-state index in [2.05, 4.69) is 40.8 Å². The molecule has 0 aliphatic carbocycles. The maximum atomic E-state index is 12.5. The van der Waals surface area contributed by atoms with Crippen molar-refractivity contribution in [1.82, 2.24) is 9.88 Å². The van der Waals surface area contributed by atoms with Gasteiger partial charge in [-0.05, 0) is 37.8 Å². The summed E-state index contributed by atoms with van der Waals surface area (Å²) in [6.45, 7) is 8.64. The van der Waals surface area contributed by atoms with E-state index in [0.717, 1.165) is 51.6 Å². The number of nitrogens with zero attached hydrogens (tertiary/aromatic N) is 3. The standard InChI is InChI=1S/C42H75N3O4/c1-3-5-7-9-11-13-15-17-19-21-23-25-41(46)48-37-35-45(40-29-33-44(34-30-40)39-27-31-43-32-28-39)36-38-49-42(47)26-24-22-20-18-16-14-12-10-8-6-4-2/h27-28,31-32,40H,3-26,29-30,33-38H2,1-2H3. The van der Waals surface area contributed by atoms with Crippen LogP contribution in [0.3, 0.4) is 0 Å². The van der Waals surface area contributed by atoms with Crippen LogP contribution in [0.4, 0.5) is 5.69 Å². The second kappa shape index (κ2) is 30.7. The first-order chi connectivity index (χ1) is 24.1. The van der Waals surface area contributed by atoms with Crippen molar-refractivity contribution in [3.8, 4) is 0 Å². The summed E-state index contributed by atoms with van der Waals surface area (Å²) in [4.78, 5) is 33.9. The molecule has 282 valence electrons. The van der Waals surface area contributed by atoms with E-state index in [-0.39, 0.29) is 11.9 Å². The summed E-state index contributed by atoms with van der Waals surface area (Å²) >= 11 is 0. The fourth-order valence-corrected chi connectivity index (χ4v) is 7.09. The molecule has 1 aromatic rings. The van der Waals surface area contributed by atoms with E-state index in [1.165, 1.54) is 121 Å². The lowest BCUT2D eigenvalue weighted by molar-refractivity contribution is -0.145. The molecule has 7 heteroatoms. The first-order valence-electron chi connectivity index (χ1n) is 20.8. The monoisotopic (exact) mass is 686 g/mol. The lowest BCUT2D eigenvalue weighted by atomic mass is 10.0. The van der Waals surface area contributed by atoms with Gasteiger partial charge in [0.25, 0.3) is 0 Å². The number of hydrogen-bond acceptors (Lipinski definition) is 7. The minimum absolute atomic E-state index is 0.0817. The Labute approximate surface area is 301 Å². The van der Waals surface area contributed by atoms with Gasteiger partial charge in [-0.2, -0.15) is 0 Å². The molecule has 0 N–H and O–H groups in total. The molecular formula is C42H75N3O4. The predicted molar refractivity (Wildman–Crippen MR) is 205 cm³/mol. The molecule has 0 saturated carbocycles. The predicted octanol–water partition coefficient (Wildman–Crippen LogP) is 10.8. The molecule has 1 fully saturated rings. The maximum absolute atomic E-state index is 12.5. The molecule has 1 saturated heterocycles. The normalized spacial score (nSPS) is 13.7. The number of ether oxygens (including phenoxy) is 2. The van der Waals surface area contributed by atoms with Gasteiger partial charge in [0.2, 0.25) is 0 Å². The summed E-state index contributed by atoms with van der Waals surface area (Å²) < 4.78 is 11.4. The number of piperidine rings is 1. The summed E-state index contributed by atoms with van der Waals surface area (Å²) in [5, 5.41) is 0. The van der Waals surface area contributed by atoms with Crippen LogP contribution in [0.25, 0.3) is 0 Å². The molecule has 1 aromatic heterocycles. The highest BCUT2D eigenvalue weighted by Gasteiger charge is 2.25. The molecule has 0 radical (unpaired) electrons. The molecule has 0 spiro atoms. The van der Waals surface area contributed by atoms with E-state index in [1.54, 1.807) is 0 Å². The van der Waals surface area contributed by atoms with Gasteiger partial charge in [0, 0.05) is 63.1 Å². The molecule has 0 aromatic carbocycles. The molecule has 0 amide bonds. The van der Waals surface area contributed by atoms with Crippen LogP contribution < -0.4 is 4.90 Å². The van der Waals surface area contributed by atoms with Crippen LogP contribution in [0.5, 0.6) is 0 Å². The van der Waals surface area contributed by atoms with Crippen LogP contribution in [0.2, 0.25) is 0 Å². The number of carbonyl (C=O) groups is 2. The quantitative estimate of drug-likeness (QED) is 0.0552. The van der Waals surface area contributed by atoms with Gasteiger partial charge in [-0.3, -0.25) is 19.5 Å². The van der Waals surface area contributed by atoms with Crippen LogP contribution in [0, 0.1) is 0 Å². The van der Waals surface area contributed by atoms with Crippen molar-refractivity contribution in [3.05, 3.63) is 24.5 Å². The molecule has 0 atom stereocenters. The highest BCUT2D eigenvalue weighted by Crippen LogP contribution is 2.22. The van der Waals surface area contributed by atoms with Gasteiger partial charge in [-0.25, -0.2) is 0 Å². The number of carbonyl (C=O) groups excluding carboxylic acids is 2. The number of aromatic nitrogens is 1. The lowest BCUT2D eigenvalue weighted by Gasteiger charge is -2.39. The molecule has 0 bridgehead atoms. The van der Waals surface area contributed by atoms with Crippen molar-refractivity contribution >= 4 is 17.6 Å². The fourth-order valence-electron chi connectivity index (χ4n) is 7.09. The summed E-state index contributed by atoms with van der Waals surface area (Å²) in [6, 6.07) is 4.53. The Bertz CT molecular complexity index is 862. The zero-order chi connectivity index (χ0) is 35.0. The molecule has 49 heavy (non-hydrogen) atoms. The average molecular weight is 686 g/mol. The van der Waals surface area contributed by atoms with Crippen molar-refractivity contribution in [1.29, 1.82) is 0 Å². The summed E-state index contributed by atoms with van der Waals surface area (Å²) in [7, 11) is 0. The van der Waals surface area contributed by atoms with Crippen molar-refractivity contribution in [2.45, 2.75) is 187 Å². The van der Waals surface area contributed by atoms with Gasteiger partial charge >= 0.3 is 11.9 Å². The van der Waals surface area contributed by atoms with Crippen LogP contribution in [0.15, 0.2) is 24.5 Å². The summed E-state index contributed by atoms with van der Waals surface area (Å²) in [5.74, 6) is -0.163.